The van der Waals surface area contributed by atoms with Crippen molar-refractivity contribution in [1.29, 1.82) is 0 Å². The number of aryl methyl sites for hydroxylation is 1. The molecule has 3 heteroatoms. The second-order valence-corrected chi connectivity index (χ2v) is 5.07. The van der Waals surface area contributed by atoms with Crippen molar-refractivity contribution in [3.63, 3.8) is 0 Å². The fourth-order valence-corrected chi connectivity index (χ4v) is 2.31. The van der Waals surface area contributed by atoms with Gasteiger partial charge in [-0.2, -0.15) is 5.10 Å². The van der Waals surface area contributed by atoms with Crippen molar-refractivity contribution < 1.29 is 4.74 Å². The number of hydrogen-bond donors (Lipinski definition) is 0. The van der Waals surface area contributed by atoms with Crippen molar-refractivity contribution in [3.8, 4) is 17.0 Å². The van der Waals surface area contributed by atoms with Crippen molar-refractivity contribution in [3.05, 3.63) is 36.0 Å². The first-order chi connectivity index (χ1) is 8.75. The Labute approximate surface area is 107 Å². The Hall–Kier alpha value is -1.77. The third kappa shape index (κ3) is 1.90. The predicted molar refractivity (Wildman–Crippen MR) is 71.9 cm³/mol. The van der Waals surface area contributed by atoms with Crippen LogP contribution in [0.4, 0.5) is 0 Å². The van der Waals surface area contributed by atoms with E-state index in [0.717, 1.165) is 31.0 Å². The largest absolute Gasteiger partial charge is 0.477 e. The fraction of sp³-hybridized carbons (Fsp3) is 0.400. The molecule has 94 valence electrons. The van der Waals surface area contributed by atoms with E-state index >= 15 is 0 Å². The average molecular weight is 242 g/mol. The van der Waals surface area contributed by atoms with Crippen LogP contribution < -0.4 is 4.74 Å². The molecule has 1 aliphatic heterocycles. The molecule has 0 N–H and O–H groups in total. The first-order valence-corrected chi connectivity index (χ1v) is 6.54. The fourth-order valence-electron chi connectivity index (χ4n) is 2.31. The van der Waals surface area contributed by atoms with Gasteiger partial charge in [0.25, 0.3) is 0 Å². The summed E-state index contributed by atoms with van der Waals surface area (Å²) in [7, 11) is 0. The summed E-state index contributed by atoms with van der Waals surface area (Å²) in [6.07, 6.45) is 2.95. The summed E-state index contributed by atoms with van der Waals surface area (Å²) >= 11 is 0. The Morgan fingerprint density at radius 1 is 1.22 bits per heavy atom. The van der Waals surface area contributed by atoms with Crippen LogP contribution in [-0.2, 0) is 6.54 Å². The smallest absolute Gasteiger partial charge is 0.219 e. The highest BCUT2D eigenvalue weighted by Crippen LogP contribution is 2.32. The van der Waals surface area contributed by atoms with Crippen molar-refractivity contribution in [2.45, 2.75) is 32.7 Å². The molecule has 3 rings (SSSR count). The summed E-state index contributed by atoms with van der Waals surface area (Å²) in [6, 6.07) is 8.69. The zero-order valence-corrected chi connectivity index (χ0v) is 10.9. The van der Waals surface area contributed by atoms with Gasteiger partial charge in [0.15, 0.2) is 0 Å². The molecule has 1 aromatic heterocycles. The molecule has 0 bridgehead atoms. The monoisotopic (exact) mass is 242 g/mol. The highest BCUT2D eigenvalue weighted by molar-refractivity contribution is 5.68. The molecule has 2 aromatic rings. The molecular weight excluding hydrogens is 224 g/mol. The van der Waals surface area contributed by atoms with Gasteiger partial charge in [-0.15, -0.1) is 0 Å². The summed E-state index contributed by atoms with van der Waals surface area (Å²) in [5.74, 6) is 1.48. The molecular formula is C15H18N2O. The average Bonchev–Trinajstić information content (AvgIpc) is 2.82. The molecule has 2 heterocycles. The van der Waals surface area contributed by atoms with E-state index in [0.29, 0.717) is 5.92 Å². The van der Waals surface area contributed by atoms with E-state index < -0.39 is 0 Å². The zero-order valence-electron chi connectivity index (χ0n) is 10.9. The third-order valence-electron chi connectivity index (χ3n) is 3.43. The Bertz CT molecular complexity index is 540. The van der Waals surface area contributed by atoms with Crippen LogP contribution in [0.2, 0.25) is 0 Å². The lowest BCUT2D eigenvalue weighted by molar-refractivity contribution is 0.231. The summed E-state index contributed by atoms with van der Waals surface area (Å²) in [5, 5.41) is 4.38. The highest BCUT2D eigenvalue weighted by Gasteiger charge is 2.17. The topological polar surface area (TPSA) is 27.1 Å². The predicted octanol–water partition coefficient (Wildman–Crippen LogP) is 3.46. The van der Waals surface area contributed by atoms with Crippen LogP contribution in [0.15, 0.2) is 30.5 Å². The number of benzene rings is 1. The van der Waals surface area contributed by atoms with Gasteiger partial charge in [-0.05, 0) is 17.0 Å². The SMILES string of the molecule is CC(C)c1ccc(-c2cnn3c2OCCC3)cc1. The van der Waals surface area contributed by atoms with Gasteiger partial charge in [0.1, 0.15) is 0 Å². The number of rotatable bonds is 2. The van der Waals surface area contributed by atoms with E-state index in [1.165, 1.54) is 11.1 Å². The van der Waals surface area contributed by atoms with Crippen LogP contribution in [0.3, 0.4) is 0 Å². The van der Waals surface area contributed by atoms with Crippen LogP contribution in [0, 0.1) is 0 Å². The zero-order chi connectivity index (χ0) is 12.5. The van der Waals surface area contributed by atoms with Crippen LogP contribution in [0.25, 0.3) is 11.1 Å². The molecule has 3 nitrogen and oxygen atoms in total. The molecule has 1 aromatic carbocycles. The van der Waals surface area contributed by atoms with Gasteiger partial charge in [-0.3, -0.25) is 0 Å². The number of nitrogens with zero attached hydrogens (tertiary/aromatic N) is 2. The first-order valence-electron chi connectivity index (χ1n) is 6.54. The van der Waals surface area contributed by atoms with Crippen molar-refractivity contribution in [2.75, 3.05) is 6.61 Å². The maximum Gasteiger partial charge on any atom is 0.219 e. The van der Waals surface area contributed by atoms with Crippen molar-refractivity contribution in [1.82, 2.24) is 9.78 Å². The van der Waals surface area contributed by atoms with Gasteiger partial charge in [0.05, 0.1) is 18.4 Å². The number of fused-ring (bicyclic) bond motifs is 1. The summed E-state index contributed by atoms with van der Waals surface area (Å²) in [5.41, 5.74) is 3.65. The van der Waals surface area contributed by atoms with Gasteiger partial charge in [0, 0.05) is 13.0 Å². The molecule has 0 atom stereocenters. The molecule has 0 unspecified atom stereocenters. The van der Waals surface area contributed by atoms with E-state index in [-0.39, 0.29) is 0 Å². The van der Waals surface area contributed by atoms with E-state index in [1.54, 1.807) is 0 Å². The minimum absolute atomic E-state index is 0.566. The number of aromatic nitrogens is 2. The van der Waals surface area contributed by atoms with E-state index in [4.69, 9.17) is 4.74 Å². The molecule has 0 amide bonds. The minimum Gasteiger partial charge on any atom is -0.477 e. The number of hydrogen-bond acceptors (Lipinski definition) is 2. The van der Waals surface area contributed by atoms with Crippen LogP contribution in [0.5, 0.6) is 5.88 Å². The van der Waals surface area contributed by atoms with Crippen molar-refractivity contribution >= 4 is 0 Å². The molecule has 0 radical (unpaired) electrons. The Balaban J connectivity index is 1.97. The van der Waals surface area contributed by atoms with Gasteiger partial charge in [0.2, 0.25) is 5.88 Å². The molecule has 0 aliphatic carbocycles. The lowest BCUT2D eigenvalue weighted by Crippen LogP contribution is -2.14. The van der Waals surface area contributed by atoms with Crippen LogP contribution in [-0.4, -0.2) is 16.4 Å². The van der Waals surface area contributed by atoms with Gasteiger partial charge >= 0.3 is 0 Å². The summed E-state index contributed by atoms with van der Waals surface area (Å²) < 4.78 is 7.68. The summed E-state index contributed by atoms with van der Waals surface area (Å²) in [4.78, 5) is 0. The second-order valence-electron chi connectivity index (χ2n) is 5.07. The standard InChI is InChI=1S/C15H18N2O/c1-11(2)12-4-6-13(7-5-12)14-10-16-17-8-3-9-18-15(14)17/h4-7,10-11H,3,8-9H2,1-2H3. The lowest BCUT2D eigenvalue weighted by atomic mass is 10.00. The quantitative estimate of drug-likeness (QED) is 0.806. The minimum atomic E-state index is 0.566. The van der Waals surface area contributed by atoms with Gasteiger partial charge in [-0.25, -0.2) is 4.68 Å². The van der Waals surface area contributed by atoms with E-state index in [1.807, 2.05) is 10.9 Å². The molecule has 0 saturated carbocycles. The van der Waals surface area contributed by atoms with Gasteiger partial charge in [-0.1, -0.05) is 38.1 Å². The maximum atomic E-state index is 5.73. The first kappa shape index (κ1) is 11.3. The number of ether oxygens (including phenoxy) is 1. The normalized spacial score (nSPS) is 14.4. The Morgan fingerprint density at radius 3 is 2.72 bits per heavy atom. The molecule has 0 saturated heterocycles. The maximum absolute atomic E-state index is 5.73. The Kier molecular flexibility index (Phi) is 2.82. The molecule has 0 fully saturated rings. The van der Waals surface area contributed by atoms with Gasteiger partial charge < -0.3 is 4.74 Å². The van der Waals surface area contributed by atoms with E-state index in [2.05, 4.69) is 43.2 Å². The highest BCUT2D eigenvalue weighted by atomic mass is 16.5. The van der Waals surface area contributed by atoms with E-state index in [9.17, 15) is 0 Å². The van der Waals surface area contributed by atoms with Crippen molar-refractivity contribution in [2.24, 2.45) is 0 Å². The lowest BCUT2D eigenvalue weighted by Gasteiger charge is -2.16. The second kappa shape index (κ2) is 4.48. The third-order valence-corrected chi connectivity index (χ3v) is 3.43. The molecule has 1 aliphatic rings. The van der Waals surface area contributed by atoms with Crippen LogP contribution >= 0.6 is 0 Å². The Morgan fingerprint density at radius 2 is 2.00 bits per heavy atom. The molecule has 0 spiro atoms. The molecule has 18 heavy (non-hydrogen) atoms. The van der Waals surface area contributed by atoms with Crippen LogP contribution in [0.1, 0.15) is 31.7 Å². The summed E-state index contributed by atoms with van der Waals surface area (Å²) in [6.45, 7) is 6.17.